The standard InChI is InChI=1S/C37H32N3O/c1-24-13-22-30-31-10-7-23-38-36(31)41-35(30)34(24)37-39(2)32-11-5-6-12-33(32)40(37)29-20-18-28(19-21-29)27-16-14-26(15-17-27)25-8-3-4-9-25/h5-7,10-23,25H,3-4,8-9H2,1-2H3/q+1. The van der Waals surface area contributed by atoms with Gasteiger partial charge in [0, 0.05) is 17.0 Å². The Bertz CT molecular complexity index is 2060. The van der Waals surface area contributed by atoms with Gasteiger partial charge in [-0.05, 0) is 84.3 Å². The molecule has 0 bridgehead atoms. The van der Waals surface area contributed by atoms with Crippen LogP contribution in [-0.2, 0) is 7.05 Å². The Morgan fingerprint density at radius 1 is 0.780 bits per heavy atom. The highest BCUT2D eigenvalue weighted by Crippen LogP contribution is 2.39. The normalized spacial score (nSPS) is 14.1. The van der Waals surface area contributed by atoms with Gasteiger partial charge < -0.3 is 4.42 Å². The number of para-hydroxylation sites is 2. The van der Waals surface area contributed by atoms with Gasteiger partial charge in [0.25, 0.3) is 5.82 Å². The maximum atomic E-state index is 6.45. The lowest BCUT2D eigenvalue weighted by Gasteiger charge is -2.11. The minimum atomic E-state index is 0.669. The molecular weight excluding hydrogens is 502 g/mol. The van der Waals surface area contributed by atoms with Gasteiger partial charge in [0.2, 0.25) is 5.71 Å². The van der Waals surface area contributed by atoms with E-state index in [1.807, 2.05) is 6.07 Å². The summed E-state index contributed by atoms with van der Waals surface area (Å²) in [5, 5.41) is 2.12. The van der Waals surface area contributed by atoms with Crippen LogP contribution in [-0.4, -0.2) is 9.55 Å². The van der Waals surface area contributed by atoms with Gasteiger partial charge >= 0.3 is 0 Å². The number of hydrogen-bond acceptors (Lipinski definition) is 2. The largest absolute Gasteiger partial charge is 0.437 e. The molecule has 0 spiro atoms. The second-order valence-electron chi connectivity index (χ2n) is 11.4. The van der Waals surface area contributed by atoms with E-state index in [0.717, 1.165) is 50.4 Å². The molecule has 0 N–H and O–H groups in total. The maximum absolute atomic E-state index is 6.45. The molecule has 0 aliphatic heterocycles. The van der Waals surface area contributed by atoms with Crippen molar-refractivity contribution in [2.75, 3.05) is 0 Å². The van der Waals surface area contributed by atoms with E-state index in [1.165, 1.54) is 47.9 Å². The van der Waals surface area contributed by atoms with Crippen LogP contribution in [0.5, 0.6) is 0 Å². The molecule has 4 aromatic carbocycles. The molecule has 1 saturated carbocycles. The number of benzene rings is 4. The fourth-order valence-electron chi connectivity index (χ4n) is 6.92. The van der Waals surface area contributed by atoms with Crippen molar-refractivity contribution in [3.8, 4) is 28.2 Å². The van der Waals surface area contributed by atoms with Crippen molar-refractivity contribution < 1.29 is 8.98 Å². The van der Waals surface area contributed by atoms with E-state index in [4.69, 9.17) is 4.42 Å². The monoisotopic (exact) mass is 534 g/mol. The molecule has 0 amide bonds. The highest BCUT2D eigenvalue weighted by Gasteiger charge is 2.30. The molecule has 7 aromatic rings. The van der Waals surface area contributed by atoms with Crippen LogP contribution in [0.3, 0.4) is 0 Å². The van der Waals surface area contributed by atoms with Gasteiger partial charge in [0.05, 0.1) is 7.05 Å². The van der Waals surface area contributed by atoms with Crippen LogP contribution in [0.25, 0.3) is 61.3 Å². The second-order valence-corrected chi connectivity index (χ2v) is 11.4. The molecule has 0 radical (unpaired) electrons. The second kappa shape index (κ2) is 9.45. The summed E-state index contributed by atoms with van der Waals surface area (Å²) >= 11 is 0. The van der Waals surface area contributed by atoms with Crippen LogP contribution >= 0.6 is 0 Å². The number of imidazole rings is 1. The summed E-state index contributed by atoms with van der Waals surface area (Å²) in [4.78, 5) is 4.51. The van der Waals surface area contributed by atoms with E-state index < -0.39 is 0 Å². The zero-order valence-electron chi connectivity index (χ0n) is 23.5. The summed E-state index contributed by atoms with van der Waals surface area (Å²) in [5.41, 5.74) is 11.2. The molecule has 200 valence electrons. The number of aryl methyl sites for hydroxylation is 2. The van der Waals surface area contributed by atoms with E-state index in [1.54, 1.807) is 6.20 Å². The third kappa shape index (κ3) is 3.81. The number of rotatable bonds is 4. The van der Waals surface area contributed by atoms with E-state index in [-0.39, 0.29) is 0 Å². The first-order valence-corrected chi connectivity index (χ1v) is 14.6. The first kappa shape index (κ1) is 24.1. The highest BCUT2D eigenvalue weighted by atomic mass is 16.3. The molecule has 4 heteroatoms. The summed E-state index contributed by atoms with van der Waals surface area (Å²) in [6.45, 7) is 2.16. The summed E-state index contributed by atoms with van der Waals surface area (Å²) in [6.07, 6.45) is 7.18. The van der Waals surface area contributed by atoms with Crippen LogP contribution < -0.4 is 4.57 Å². The van der Waals surface area contributed by atoms with Crippen molar-refractivity contribution in [1.29, 1.82) is 0 Å². The molecule has 3 heterocycles. The summed E-state index contributed by atoms with van der Waals surface area (Å²) in [6, 6.07) is 35.2. The van der Waals surface area contributed by atoms with E-state index in [0.29, 0.717) is 5.71 Å². The molecule has 8 rings (SSSR count). The minimum Gasteiger partial charge on any atom is -0.437 e. The highest BCUT2D eigenvalue weighted by molar-refractivity contribution is 6.08. The van der Waals surface area contributed by atoms with Crippen molar-refractivity contribution in [2.45, 2.75) is 38.5 Å². The smallest absolute Gasteiger partial charge is 0.298 e. The van der Waals surface area contributed by atoms with E-state index >= 15 is 0 Å². The lowest BCUT2D eigenvalue weighted by Crippen LogP contribution is -2.30. The Balaban J connectivity index is 1.29. The molecule has 0 atom stereocenters. The Morgan fingerprint density at radius 2 is 1.51 bits per heavy atom. The molecule has 41 heavy (non-hydrogen) atoms. The third-order valence-corrected chi connectivity index (χ3v) is 9.06. The van der Waals surface area contributed by atoms with Crippen molar-refractivity contribution >= 4 is 33.1 Å². The molecule has 1 aliphatic rings. The van der Waals surface area contributed by atoms with Crippen LogP contribution in [0, 0.1) is 6.92 Å². The summed E-state index contributed by atoms with van der Waals surface area (Å²) in [5.74, 6) is 1.82. The van der Waals surface area contributed by atoms with Gasteiger partial charge in [0.1, 0.15) is 11.3 Å². The predicted molar refractivity (Wildman–Crippen MR) is 166 cm³/mol. The van der Waals surface area contributed by atoms with Gasteiger partial charge in [-0.3, -0.25) is 0 Å². The average molecular weight is 535 g/mol. The molecule has 3 aromatic heterocycles. The third-order valence-electron chi connectivity index (χ3n) is 9.06. The minimum absolute atomic E-state index is 0.669. The van der Waals surface area contributed by atoms with Gasteiger partial charge in [-0.25, -0.2) is 9.55 Å². The van der Waals surface area contributed by atoms with Gasteiger partial charge in [0.15, 0.2) is 16.6 Å². The zero-order chi connectivity index (χ0) is 27.5. The first-order chi connectivity index (χ1) is 20.2. The molecule has 1 aliphatic carbocycles. The molecule has 1 fully saturated rings. The Hall–Kier alpha value is -4.70. The molecular formula is C37H32N3O+. The number of fused-ring (bicyclic) bond motifs is 4. The fourth-order valence-corrected chi connectivity index (χ4v) is 6.92. The molecule has 4 nitrogen and oxygen atoms in total. The van der Waals surface area contributed by atoms with E-state index in [2.05, 4.69) is 119 Å². The molecule has 0 saturated heterocycles. The lowest BCUT2D eigenvalue weighted by molar-refractivity contribution is -0.633. The summed E-state index contributed by atoms with van der Waals surface area (Å²) in [7, 11) is 2.15. The molecule has 0 unspecified atom stereocenters. The van der Waals surface area contributed by atoms with Crippen molar-refractivity contribution in [1.82, 2.24) is 9.55 Å². The SMILES string of the molecule is Cc1ccc2c(oc3ncccc32)c1-c1n(-c2ccc(-c3ccc(C4CCCC4)cc3)cc2)c2ccccc2[n+]1C. The van der Waals surface area contributed by atoms with Gasteiger partial charge in [-0.2, -0.15) is 4.57 Å². The lowest BCUT2D eigenvalue weighted by atomic mass is 9.95. The number of nitrogens with zero attached hydrogens (tertiary/aromatic N) is 3. The van der Waals surface area contributed by atoms with Crippen LogP contribution in [0.15, 0.2) is 108 Å². The van der Waals surface area contributed by atoms with Crippen molar-refractivity contribution in [3.63, 3.8) is 0 Å². The van der Waals surface area contributed by atoms with Gasteiger partial charge in [-0.1, -0.05) is 73.5 Å². The number of furan rings is 1. The van der Waals surface area contributed by atoms with Gasteiger partial charge in [-0.15, -0.1) is 0 Å². The Morgan fingerprint density at radius 3 is 2.29 bits per heavy atom. The fraction of sp³-hybridized carbons (Fsp3) is 0.189. The average Bonchev–Trinajstić information content (AvgIpc) is 3.75. The number of hydrogen-bond donors (Lipinski definition) is 0. The number of pyridine rings is 1. The zero-order valence-corrected chi connectivity index (χ0v) is 23.5. The Labute approximate surface area is 239 Å². The summed E-state index contributed by atoms with van der Waals surface area (Å²) < 4.78 is 11.1. The topological polar surface area (TPSA) is 34.8 Å². The van der Waals surface area contributed by atoms with Crippen LogP contribution in [0.2, 0.25) is 0 Å². The van der Waals surface area contributed by atoms with Crippen molar-refractivity contribution in [2.24, 2.45) is 7.05 Å². The van der Waals surface area contributed by atoms with Crippen LogP contribution in [0.1, 0.15) is 42.7 Å². The predicted octanol–water partition coefficient (Wildman–Crippen LogP) is 9.05. The maximum Gasteiger partial charge on any atom is 0.298 e. The number of aromatic nitrogens is 3. The van der Waals surface area contributed by atoms with E-state index in [9.17, 15) is 0 Å². The quantitative estimate of drug-likeness (QED) is 0.211. The van der Waals surface area contributed by atoms with Crippen molar-refractivity contribution in [3.05, 3.63) is 114 Å². The first-order valence-electron chi connectivity index (χ1n) is 14.6. The Kier molecular flexibility index (Phi) is 5.56. The van der Waals surface area contributed by atoms with Crippen LogP contribution in [0.4, 0.5) is 0 Å².